The number of benzene rings is 1. The molecule has 0 fully saturated rings. The highest BCUT2D eigenvalue weighted by atomic mass is 32.1. The lowest BCUT2D eigenvalue weighted by Gasteiger charge is -2.12. The molecule has 0 saturated carbocycles. The lowest BCUT2D eigenvalue weighted by Crippen LogP contribution is -2.35. The van der Waals surface area contributed by atoms with Crippen molar-refractivity contribution >= 4 is 50.3 Å². The lowest BCUT2D eigenvalue weighted by atomic mass is 10.2. The molecule has 0 bridgehead atoms. The highest BCUT2D eigenvalue weighted by Gasteiger charge is 2.21. The van der Waals surface area contributed by atoms with E-state index in [1.54, 1.807) is 6.07 Å². The Morgan fingerprint density at radius 1 is 1.31 bits per heavy atom. The third kappa shape index (κ3) is 4.06. The van der Waals surface area contributed by atoms with Gasteiger partial charge in [0.05, 0.1) is 11.5 Å². The summed E-state index contributed by atoms with van der Waals surface area (Å²) in [7, 11) is 0. The van der Waals surface area contributed by atoms with Gasteiger partial charge in [0, 0.05) is 27.1 Å². The molecule has 2 aromatic heterocycles. The van der Waals surface area contributed by atoms with Crippen LogP contribution in [0.5, 0.6) is 0 Å². The maximum absolute atomic E-state index is 12.3. The number of amides is 1. The highest BCUT2D eigenvalue weighted by molar-refractivity contribution is 7.20. The second kappa shape index (κ2) is 7.63. The number of fused-ring (bicyclic) bond motifs is 1. The van der Waals surface area contributed by atoms with Gasteiger partial charge in [-0.15, -0.1) is 22.7 Å². The quantitative estimate of drug-likeness (QED) is 0.393. The van der Waals surface area contributed by atoms with Crippen LogP contribution in [0.4, 0.5) is 5.69 Å². The molecule has 0 aliphatic rings. The van der Waals surface area contributed by atoms with Gasteiger partial charge in [0.15, 0.2) is 6.10 Å². The molecule has 0 saturated heterocycles. The second-order valence-corrected chi connectivity index (χ2v) is 7.55. The number of hydrogen-bond acceptors (Lipinski definition) is 7. The van der Waals surface area contributed by atoms with Crippen LogP contribution in [0.2, 0.25) is 0 Å². The number of nitro benzene ring substituents is 1. The monoisotopic (exact) mass is 390 g/mol. The van der Waals surface area contributed by atoms with Crippen molar-refractivity contribution in [2.75, 3.05) is 0 Å². The van der Waals surface area contributed by atoms with Gasteiger partial charge in [-0.3, -0.25) is 14.9 Å². The molecule has 0 aliphatic heterocycles. The third-order valence-electron chi connectivity index (χ3n) is 3.58. The summed E-state index contributed by atoms with van der Waals surface area (Å²) in [6.07, 6.45) is -0.943. The van der Waals surface area contributed by atoms with Gasteiger partial charge in [-0.1, -0.05) is 6.07 Å². The molecule has 0 unspecified atom stereocenters. The molecule has 9 heteroatoms. The van der Waals surface area contributed by atoms with E-state index in [2.05, 4.69) is 5.32 Å². The zero-order valence-electron chi connectivity index (χ0n) is 13.6. The van der Waals surface area contributed by atoms with Crippen LogP contribution in [0, 0.1) is 10.1 Å². The molecule has 3 aromatic rings. The predicted octanol–water partition coefficient (Wildman–Crippen LogP) is 3.73. The van der Waals surface area contributed by atoms with E-state index in [4.69, 9.17) is 4.74 Å². The lowest BCUT2D eigenvalue weighted by molar-refractivity contribution is -0.384. The second-order valence-electron chi connectivity index (χ2n) is 5.43. The molecule has 1 aromatic carbocycles. The van der Waals surface area contributed by atoms with E-state index in [1.165, 1.54) is 36.5 Å². The standard InChI is InChI=1S/C17H14N2O5S2/c1-10(16(20)18-9-13-3-2-6-25-13)24-17(21)15-8-11-7-12(19(22)23)4-5-14(11)26-15/h2-8,10H,9H2,1H3,(H,18,20)/t10-/m1/s1. The molecule has 1 atom stereocenters. The molecule has 1 N–H and O–H groups in total. The van der Waals surface area contributed by atoms with Crippen LogP contribution in [0.3, 0.4) is 0 Å². The van der Waals surface area contributed by atoms with Crippen molar-refractivity contribution in [1.82, 2.24) is 5.32 Å². The fraction of sp³-hybridized carbons (Fsp3) is 0.176. The largest absolute Gasteiger partial charge is 0.448 e. The minimum atomic E-state index is -0.943. The number of nitro groups is 1. The first kappa shape index (κ1) is 18.0. The third-order valence-corrected chi connectivity index (χ3v) is 5.55. The molecule has 0 spiro atoms. The maximum atomic E-state index is 12.3. The van der Waals surface area contributed by atoms with Gasteiger partial charge < -0.3 is 10.1 Å². The molecule has 7 nitrogen and oxygen atoms in total. The van der Waals surface area contributed by atoms with Crippen LogP contribution in [-0.2, 0) is 16.1 Å². The topological polar surface area (TPSA) is 98.5 Å². The molecule has 2 heterocycles. The summed E-state index contributed by atoms with van der Waals surface area (Å²) in [6.45, 7) is 1.88. The van der Waals surface area contributed by atoms with Crippen molar-refractivity contribution in [3.05, 3.63) is 61.6 Å². The SMILES string of the molecule is C[C@@H](OC(=O)c1cc2cc([N+](=O)[O-])ccc2s1)C(=O)NCc1cccs1. The first-order valence-electron chi connectivity index (χ1n) is 7.63. The molecule has 1 amide bonds. The van der Waals surface area contributed by atoms with Crippen molar-refractivity contribution in [2.45, 2.75) is 19.6 Å². The van der Waals surface area contributed by atoms with Gasteiger partial charge in [0.1, 0.15) is 4.88 Å². The summed E-state index contributed by atoms with van der Waals surface area (Å²) in [5, 5.41) is 16.0. The van der Waals surface area contributed by atoms with Crippen LogP contribution in [0.1, 0.15) is 21.5 Å². The van der Waals surface area contributed by atoms with Gasteiger partial charge in [0.2, 0.25) is 0 Å². The number of non-ortho nitro benzene ring substituents is 1. The average molecular weight is 390 g/mol. The minimum absolute atomic E-state index is 0.0449. The molecule has 26 heavy (non-hydrogen) atoms. The Kier molecular flexibility index (Phi) is 5.29. The highest BCUT2D eigenvalue weighted by Crippen LogP contribution is 2.29. The maximum Gasteiger partial charge on any atom is 0.349 e. The summed E-state index contributed by atoms with van der Waals surface area (Å²) in [4.78, 5) is 35.9. The summed E-state index contributed by atoms with van der Waals surface area (Å²) in [5.74, 6) is -1.02. The number of ether oxygens (including phenoxy) is 1. The van der Waals surface area contributed by atoms with E-state index in [0.29, 0.717) is 16.8 Å². The summed E-state index contributed by atoms with van der Waals surface area (Å²) < 4.78 is 5.94. The number of carbonyl (C=O) groups excluding carboxylic acids is 2. The predicted molar refractivity (Wildman–Crippen MR) is 99.5 cm³/mol. The number of carbonyl (C=O) groups is 2. The van der Waals surface area contributed by atoms with E-state index in [-0.39, 0.29) is 11.6 Å². The number of nitrogens with zero attached hydrogens (tertiary/aromatic N) is 1. The zero-order chi connectivity index (χ0) is 18.7. The van der Waals surface area contributed by atoms with Gasteiger partial charge in [0.25, 0.3) is 11.6 Å². The van der Waals surface area contributed by atoms with Gasteiger partial charge in [-0.25, -0.2) is 4.79 Å². The van der Waals surface area contributed by atoms with Gasteiger partial charge in [-0.2, -0.15) is 0 Å². The summed E-state index contributed by atoms with van der Waals surface area (Å²) >= 11 is 2.69. The first-order chi connectivity index (χ1) is 12.4. The Balaban J connectivity index is 1.64. The number of hydrogen-bond donors (Lipinski definition) is 1. The number of thiophene rings is 2. The molecule has 0 aliphatic carbocycles. The molecular formula is C17H14N2O5S2. The smallest absolute Gasteiger partial charge is 0.349 e. The van der Waals surface area contributed by atoms with E-state index < -0.39 is 17.0 Å². The number of nitrogens with one attached hydrogen (secondary N) is 1. The molecule has 3 rings (SSSR count). The fourth-order valence-corrected chi connectivity index (χ4v) is 3.82. The van der Waals surface area contributed by atoms with Crippen molar-refractivity contribution in [1.29, 1.82) is 0 Å². The molecular weight excluding hydrogens is 376 g/mol. The average Bonchev–Trinajstić information content (AvgIpc) is 3.27. The van der Waals surface area contributed by atoms with E-state index >= 15 is 0 Å². The van der Waals surface area contributed by atoms with Crippen molar-refractivity contribution < 1.29 is 19.2 Å². The molecule has 134 valence electrons. The number of esters is 1. The minimum Gasteiger partial charge on any atom is -0.448 e. The number of rotatable bonds is 6. The van der Waals surface area contributed by atoms with E-state index in [1.807, 2.05) is 17.5 Å². The van der Waals surface area contributed by atoms with Crippen LogP contribution < -0.4 is 5.32 Å². The first-order valence-corrected chi connectivity index (χ1v) is 9.32. The van der Waals surface area contributed by atoms with E-state index in [9.17, 15) is 19.7 Å². The Morgan fingerprint density at radius 3 is 2.81 bits per heavy atom. The Bertz CT molecular complexity index is 965. The van der Waals surface area contributed by atoms with Crippen LogP contribution in [0.15, 0.2) is 41.8 Å². The Morgan fingerprint density at radius 2 is 2.12 bits per heavy atom. The van der Waals surface area contributed by atoms with Crippen LogP contribution in [-0.4, -0.2) is 22.9 Å². The Labute approximate surface area is 156 Å². The summed E-state index contributed by atoms with van der Waals surface area (Å²) in [6, 6.07) is 9.70. The van der Waals surface area contributed by atoms with Gasteiger partial charge in [-0.05, 0) is 30.5 Å². The molecule has 0 radical (unpaired) electrons. The summed E-state index contributed by atoms with van der Waals surface area (Å²) in [5.41, 5.74) is -0.0449. The van der Waals surface area contributed by atoms with Crippen molar-refractivity contribution in [3.8, 4) is 0 Å². The van der Waals surface area contributed by atoms with Crippen LogP contribution >= 0.6 is 22.7 Å². The normalized spacial score (nSPS) is 11.9. The zero-order valence-corrected chi connectivity index (χ0v) is 15.3. The van der Waals surface area contributed by atoms with Crippen molar-refractivity contribution in [2.24, 2.45) is 0 Å². The van der Waals surface area contributed by atoms with E-state index in [0.717, 1.165) is 20.9 Å². The van der Waals surface area contributed by atoms with Crippen molar-refractivity contribution in [3.63, 3.8) is 0 Å². The fourth-order valence-electron chi connectivity index (χ4n) is 2.25. The van der Waals surface area contributed by atoms with Crippen LogP contribution in [0.25, 0.3) is 10.1 Å². The van der Waals surface area contributed by atoms with Gasteiger partial charge >= 0.3 is 5.97 Å². The Hall–Kier alpha value is -2.78.